The molecule has 3 aromatic rings. The maximum absolute atomic E-state index is 14.5. The Morgan fingerprint density at radius 1 is 0.968 bits per heavy atom. The zero-order valence-electron chi connectivity index (χ0n) is 18.8. The van der Waals surface area contributed by atoms with Gasteiger partial charge in [-0.3, -0.25) is 0 Å². The molecule has 0 aliphatic heterocycles. The van der Waals surface area contributed by atoms with Crippen molar-refractivity contribution in [1.82, 2.24) is 0 Å². The van der Waals surface area contributed by atoms with Crippen LogP contribution in [0.4, 0.5) is 8.78 Å². The maximum atomic E-state index is 14.5. The van der Waals surface area contributed by atoms with Crippen LogP contribution in [0.15, 0.2) is 42.5 Å². The van der Waals surface area contributed by atoms with Gasteiger partial charge in [-0.15, -0.1) is 11.3 Å². The Bertz CT molecular complexity index is 1080. The smallest absolute Gasteiger partial charge is 0.159 e. The predicted molar refractivity (Wildman–Crippen MR) is 127 cm³/mol. The van der Waals surface area contributed by atoms with Crippen molar-refractivity contribution in [3.05, 3.63) is 70.1 Å². The first kappa shape index (κ1) is 24.1. The van der Waals surface area contributed by atoms with Crippen LogP contribution in [-0.4, -0.2) is 12.3 Å². The molecular formula is C25H31F2O2PS. The van der Waals surface area contributed by atoms with Crippen LogP contribution >= 0.6 is 18.5 Å². The molecule has 168 valence electrons. The predicted octanol–water partition coefficient (Wildman–Crippen LogP) is 8.38. The number of hydrogen-bond donors (Lipinski definition) is 0. The van der Waals surface area contributed by atoms with E-state index in [4.69, 9.17) is 4.74 Å². The zero-order valence-corrected chi connectivity index (χ0v) is 20.5. The summed E-state index contributed by atoms with van der Waals surface area (Å²) in [6.45, 7) is 10.5. The van der Waals surface area contributed by atoms with Gasteiger partial charge < -0.3 is 9.30 Å². The largest absolute Gasteiger partial charge is 0.360 e. The summed E-state index contributed by atoms with van der Waals surface area (Å²) in [4.78, 5) is 0.980. The molecule has 0 bridgehead atoms. The molecule has 31 heavy (non-hydrogen) atoms. The molecule has 0 spiro atoms. The van der Waals surface area contributed by atoms with Crippen LogP contribution in [0.2, 0.25) is 0 Å². The lowest BCUT2D eigenvalue weighted by atomic mass is 10.1. The average molecular weight is 465 g/mol. The molecule has 3 rings (SSSR count). The molecule has 0 saturated heterocycles. The Kier molecular flexibility index (Phi) is 7.72. The number of aryl methyl sites for hydroxylation is 1. The van der Waals surface area contributed by atoms with Gasteiger partial charge in [-0.05, 0) is 53.5 Å². The first-order valence-electron chi connectivity index (χ1n) is 10.7. The molecule has 1 heterocycles. The first-order chi connectivity index (χ1) is 14.6. The minimum atomic E-state index is -2.78. The third kappa shape index (κ3) is 5.63. The maximum Gasteiger partial charge on any atom is 0.159 e. The third-order valence-electron chi connectivity index (χ3n) is 5.27. The van der Waals surface area contributed by atoms with Gasteiger partial charge in [0.05, 0.1) is 6.61 Å². The molecule has 0 saturated carbocycles. The highest BCUT2D eigenvalue weighted by Gasteiger charge is 2.38. The molecule has 1 atom stereocenters. The van der Waals surface area contributed by atoms with Crippen molar-refractivity contribution >= 4 is 28.6 Å². The fraction of sp³-hybridized carbons (Fsp3) is 0.440. The van der Waals surface area contributed by atoms with Crippen LogP contribution in [-0.2, 0) is 15.9 Å². The van der Waals surface area contributed by atoms with E-state index in [1.807, 2.05) is 12.1 Å². The second-order valence-electron chi connectivity index (χ2n) is 9.10. The van der Waals surface area contributed by atoms with Crippen LogP contribution in [0.5, 0.6) is 0 Å². The Hall–Kier alpha value is -1.55. The minimum absolute atomic E-state index is 0.0791. The Balaban J connectivity index is 2.05. The number of rotatable bonds is 9. The summed E-state index contributed by atoms with van der Waals surface area (Å²) in [5.74, 6) is -1.83. The van der Waals surface area contributed by atoms with Gasteiger partial charge in [0, 0.05) is 21.9 Å². The van der Waals surface area contributed by atoms with E-state index in [1.54, 1.807) is 11.3 Å². The highest BCUT2D eigenvalue weighted by atomic mass is 32.1. The van der Waals surface area contributed by atoms with E-state index in [0.717, 1.165) is 32.7 Å². The Labute approximate surface area is 188 Å². The molecule has 0 N–H and O–H groups in total. The first-order valence-corrected chi connectivity index (χ1v) is 13.7. The van der Waals surface area contributed by atoms with Crippen molar-refractivity contribution in [1.29, 1.82) is 0 Å². The molecule has 0 aliphatic rings. The lowest BCUT2D eigenvalue weighted by molar-refractivity contribution is 0.0915. The molecule has 0 aliphatic carbocycles. The van der Waals surface area contributed by atoms with Crippen LogP contribution in [0.3, 0.4) is 0 Å². The normalized spacial score (nSPS) is 13.5. The molecule has 0 fully saturated rings. The summed E-state index contributed by atoms with van der Waals surface area (Å²) in [6, 6.07) is 11.9. The number of halogens is 2. The second kappa shape index (κ2) is 9.94. The van der Waals surface area contributed by atoms with Gasteiger partial charge in [-0.25, -0.2) is 8.78 Å². The Morgan fingerprint density at radius 3 is 2.19 bits per heavy atom. The van der Waals surface area contributed by atoms with Gasteiger partial charge in [0.2, 0.25) is 0 Å². The van der Waals surface area contributed by atoms with E-state index in [2.05, 4.69) is 46.8 Å². The molecule has 2 aromatic carbocycles. The van der Waals surface area contributed by atoms with E-state index in [0.29, 0.717) is 17.9 Å². The van der Waals surface area contributed by atoms with E-state index in [1.165, 1.54) is 6.07 Å². The summed E-state index contributed by atoms with van der Waals surface area (Å²) >= 11 is 1.62. The molecule has 6 heteroatoms. The summed E-state index contributed by atoms with van der Waals surface area (Å²) in [7, 11) is -2.78. The lowest BCUT2D eigenvalue weighted by Crippen LogP contribution is -2.15. The van der Waals surface area contributed by atoms with Gasteiger partial charge >= 0.3 is 0 Å². The van der Waals surface area contributed by atoms with Gasteiger partial charge in [0.15, 0.2) is 11.6 Å². The quantitative estimate of drug-likeness (QED) is 0.297. The third-order valence-corrected chi connectivity index (χ3v) is 10.7. The topological polar surface area (TPSA) is 26.3 Å². The number of thiophene rings is 1. The van der Waals surface area contributed by atoms with Gasteiger partial charge in [-0.2, -0.15) is 0 Å². The number of hydrogen-bond acceptors (Lipinski definition) is 3. The van der Waals surface area contributed by atoms with Crippen molar-refractivity contribution in [2.45, 2.75) is 47.1 Å². The molecule has 0 radical (unpaired) electrons. The Morgan fingerprint density at radius 2 is 1.61 bits per heavy atom. The van der Waals surface area contributed by atoms with E-state index < -0.39 is 24.6 Å². The average Bonchev–Trinajstić information content (AvgIpc) is 3.00. The molecular weight excluding hydrogens is 433 g/mol. The van der Waals surface area contributed by atoms with Crippen molar-refractivity contribution < 1.29 is 18.1 Å². The highest BCUT2D eigenvalue weighted by Crippen LogP contribution is 2.63. The van der Waals surface area contributed by atoms with Gasteiger partial charge in [0.1, 0.15) is 13.0 Å². The van der Waals surface area contributed by atoms with Crippen LogP contribution in [0.1, 0.15) is 49.5 Å². The van der Waals surface area contributed by atoms with Crippen molar-refractivity contribution in [3.63, 3.8) is 0 Å². The van der Waals surface area contributed by atoms with E-state index in [9.17, 15) is 13.3 Å². The number of ether oxygens (including phenoxy) is 1. The molecule has 1 aromatic heterocycles. The molecule has 1 unspecified atom stereocenters. The summed E-state index contributed by atoms with van der Waals surface area (Å²) < 4.78 is 49.0. The van der Waals surface area contributed by atoms with Crippen LogP contribution in [0.25, 0.3) is 10.1 Å². The van der Waals surface area contributed by atoms with E-state index >= 15 is 0 Å². The monoisotopic (exact) mass is 464 g/mol. The van der Waals surface area contributed by atoms with Crippen LogP contribution in [0, 0.1) is 30.4 Å². The van der Waals surface area contributed by atoms with Crippen molar-refractivity contribution in [3.8, 4) is 0 Å². The number of fused-ring (bicyclic) bond motifs is 1. The lowest BCUT2D eigenvalue weighted by Gasteiger charge is -2.31. The minimum Gasteiger partial charge on any atom is -0.360 e. The van der Waals surface area contributed by atoms with Crippen molar-refractivity contribution in [2.75, 3.05) is 12.3 Å². The molecule has 2 nitrogen and oxygen atoms in total. The fourth-order valence-corrected chi connectivity index (χ4v) is 10.0. The van der Waals surface area contributed by atoms with Crippen molar-refractivity contribution in [2.24, 2.45) is 11.8 Å². The van der Waals surface area contributed by atoms with Gasteiger partial charge in [-0.1, -0.05) is 52.0 Å². The summed E-state index contributed by atoms with van der Waals surface area (Å²) in [6.07, 6.45) is 1.17. The highest BCUT2D eigenvalue weighted by molar-refractivity contribution is 7.64. The van der Waals surface area contributed by atoms with Crippen LogP contribution < -0.4 is 0 Å². The fourth-order valence-electron chi connectivity index (χ4n) is 4.16. The number of benzene rings is 2. The molecule has 0 amide bonds. The second-order valence-corrected chi connectivity index (χ2v) is 13.3. The van der Waals surface area contributed by atoms with E-state index in [-0.39, 0.29) is 18.4 Å². The zero-order chi connectivity index (χ0) is 22.8. The standard InChI is InChI=1S/C25H31F2O2PS/c1-16(2)14-30(28,15-17(3)4)25(29-13-19-10-11-21(26)22(27)12-19)24-18(5)20-8-6-7-9-23(20)31-24/h6-12,16-17,25H,13-15H2,1-5H3. The SMILES string of the molecule is Cc1c(C(OCc2ccc(F)c(F)c2)P(=O)(CC(C)C)CC(C)C)sc2ccccc12. The summed E-state index contributed by atoms with van der Waals surface area (Å²) in [5, 5.41) is 1.14. The van der Waals surface area contributed by atoms with Gasteiger partial charge in [0.25, 0.3) is 0 Å². The summed E-state index contributed by atoms with van der Waals surface area (Å²) in [5.41, 5.74) is 1.62.